The molecule has 1 saturated heterocycles. The Labute approximate surface area is 147 Å². The first-order chi connectivity index (χ1) is 11.9. The number of benzene rings is 1. The molecule has 0 radical (unpaired) electrons. The fourth-order valence-electron chi connectivity index (χ4n) is 3.11. The summed E-state index contributed by atoms with van der Waals surface area (Å²) in [5.41, 5.74) is 0. The van der Waals surface area contributed by atoms with Crippen LogP contribution in [-0.4, -0.2) is 67.0 Å². The number of halogens is 1. The average Bonchev–Trinajstić information content (AvgIpc) is 2.94. The molecule has 25 heavy (non-hydrogen) atoms. The molecule has 6 nitrogen and oxygen atoms in total. The zero-order chi connectivity index (χ0) is 18.4. The monoisotopic (exact) mass is 351 g/mol. The van der Waals surface area contributed by atoms with Crippen molar-refractivity contribution in [2.24, 2.45) is 0 Å². The van der Waals surface area contributed by atoms with Crippen molar-refractivity contribution < 1.29 is 18.7 Å². The van der Waals surface area contributed by atoms with Gasteiger partial charge in [-0.25, -0.2) is 4.39 Å². The molecule has 138 valence electrons. The Morgan fingerprint density at radius 1 is 1.36 bits per heavy atom. The lowest BCUT2D eigenvalue weighted by Gasteiger charge is -2.26. The van der Waals surface area contributed by atoms with Gasteiger partial charge in [0.2, 0.25) is 5.91 Å². The fraction of sp³-hybridized carbons (Fsp3) is 0.556. The predicted octanol–water partition coefficient (Wildman–Crippen LogP) is 1.26. The van der Waals surface area contributed by atoms with E-state index in [1.807, 2.05) is 25.8 Å². The predicted molar refractivity (Wildman–Crippen MR) is 92.8 cm³/mol. The van der Waals surface area contributed by atoms with E-state index in [1.54, 1.807) is 11.0 Å². The lowest BCUT2D eigenvalue weighted by atomic mass is 10.1. The molecule has 1 aliphatic heterocycles. The molecule has 1 aromatic rings. The molecule has 2 rings (SSSR count). The molecule has 0 unspecified atom stereocenters. The molecule has 2 amide bonds. The standard InChI is InChI=1S/C18H26FN3O3/c1-4-22(5-2)18(24)16-10-14(11-21(16)3)20-17(23)12-25-15-8-6-7-13(19)9-15/h6-9,14,16H,4-5,10-12H2,1-3H3,(H,20,23)/t14-,16-/m0/s1. The lowest BCUT2D eigenvalue weighted by Crippen LogP contribution is -2.44. The van der Waals surface area contributed by atoms with Crippen molar-refractivity contribution in [3.8, 4) is 5.75 Å². The van der Waals surface area contributed by atoms with E-state index in [-0.39, 0.29) is 30.5 Å². The Balaban J connectivity index is 1.83. The number of hydrogen-bond donors (Lipinski definition) is 1. The number of nitrogens with one attached hydrogen (secondary N) is 1. The van der Waals surface area contributed by atoms with Crippen LogP contribution in [0.25, 0.3) is 0 Å². The number of carbonyl (C=O) groups is 2. The average molecular weight is 351 g/mol. The zero-order valence-corrected chi connectivity index (χ0v) is 15.0. The molecule has 0 bridgehead atoms. The number of nitrogens with zero attached hydrogens (tertiary/aromatic N) is 2. The third kappa shape index (κ3) is 5.16. The highest BCUT2D eigenvalue weighted by molar-refractivity contribution is 5.83. The summed E-state index contributed by atoms with van der Waals surface area (Å²) >= 11 is 0. The molecule has 0 aromatic heterocycles. The normalized spacial score (nSPS) is 20.3. The Morgan fingerprint density at radius 3 is 2.72 bits per heavy atom. The maximum Gasteiger partial charge on any atom is 0.258 e. The van der Waals surface area contributed by atoms with Gasteiger partial charge >= 0.3 is 0 Å². The number of hydrogen-bond acceptors (Lipinski definition) is 4. The van der Waals surface area contributed by atoms with Crippen LogP contribution in [0, 0.1) is 5.82 Å². The summed E-state index contributed by atoms with van der Waals surface area (Å²) in [4.78, 5) is 28.3. The van der Waals surface area contributed by atoms with Gasteiger partial charge in [0.1, 0.15) is 11.6 Å². The van der Waals surface area contributed by atoms with E-state index in [0.717, 1.165) is 0 Å². The molecule has 0 spiro atoms. The summed E-state index contributed by atoms with van der Waals surface area (Å²) < 4.78 is 18.4. The number of rotatable bonds is 7. The Morgan fingerprint density at radius 2 is 2.08 bits per heavy atom. The molecule has 0 aliphatic carbocycles. The van der Waals surface area contributed by atoms with Crippen LogP contribution in [0.2, 0.25) is 0 Å². The molecule has 1 N–H and O–H groups in total. The first-order valence-corrected chi connectivity index (χ1v) is 8.61. The quantitative estimate of drug-likeness (QED) is 0.803. The van der Waals surface area contributed by atoms with E-state index in [0.29, 0.717) is 31.8 Å². The summed E-state index contributed by atoms with van der Waals surface area (Å²) in [6.45, 7) is 5.71. The second kappa shape index (κ2) is 8.80. The van der Waals surface area contributed by atoms with E-state index in [1.165, 1.54) is 18.2 Å². The lowest BCUT2D eigenvalue weighted by molar-refractivity contribution is -0.135. The largest absolute Gasteiger partial charge is 0.484 e. The van der Waals surface area contributed by atoms with Gasteiger partial charge in [0.25, 0.3) is 5.91 Å². The topological polar surface area (TPSA) is 61.9 Å². The van der Waals surface area contributed by atoms with Gasteiger partial charge in [-0.3, -0.25) is 14.5 Å². The van der Waals surface area contributed by atoms with E-state index < -0.39 is 5.82 Å². The van der Waals surface area contributed by atoms with Gasteiger partial charge in [-0.05, 0) is 39.4 Å². The third-order valence-electron chi connectivity index (χ3n) is 4.44. The van der Waals surface area contributed by atoms with Crippen molar-refractivity contribution >= 4 is 11.8 Å². The third-order valence-corrected chi connectivity index (χ3v) is 4.44. The van der Waals surface area contributed by atoms with Gasteiger partial charge in [-0.1, -0.05) is 6.07 Å². The van der Waals surface area contributed by atoms with Crippen molar-refractivity contribution in [2.75, 3.05) is 33.3 Å². The summed E-state index contributed by atoms with van der Waals surface area (Å²) in [6, 6.07) is 5.35. The maximum absolute atomic E-state index is 13.1. The van der Waals surface area contributed by atoms with E-state index in [2.05, 4.69) is 5.32 Å². The first kappa shape index (κ1) is 19.2. The minimum absolute atomic E-state index is 0.0975. The highest BCUT2D eigenvalue weighted by atomic mass is 19.1. The Kier molecular flexibility index (Phi) is 6.75. The van der Waals surface area contributed by atoms with Crippen LogP contribution < -0.4 is 10.1 Å². The molecule has 1 fully saturated rings. The van der Waals surface area contributed by atoms with Gasteiger partial charge in [0, 0.05) is 31.7 Å². The number of carbonyl (C=O) groups excluding carboxylic acids is 2. The Bertz CT molecular complexity index is 607. The summed E-state index contributed by atoms with van der Waals surface area (Å²) in [7, 11) is 1.89. The summed E-state index contributed by atoms with van der Waals surface area (Å²) in [6.07, 6.45) is 0.581. The highest BCUT2D eigenvalue weighted by Gasteiger charge is 2.36. The second-order valence-corrected chi connectivity index (χ2v) is 6.21. The van der Waals surface area contributed by atoms with E-state index in [9.17, 15) is 14.0 Å². The fourth-order valence-corrected chi connectivity index (χ4v) is 3.11. The van der Waals surface area contributed by atoms with Gasteiger partial charge in [-0.15, -0.1) is 0 Å². The number of amides is 2. The number of ether oxygens (including phenoxy) is 1. The van der Waals surface area contributed by atoms with E-state index in [4.69, 9.17) is 4.74 Å². The van der Waals surface area contributed by atoms with Gasteiger partial charge in [0.05, 0.1) is 6.04 Å². The molecular weight excluding hydrogens is 325 g/mol. The number of likely N-dealkylation sites (N-methyl/N-ethyl adjacent to an activating group) is 2. The summed E-state index contributed by atoms with van der Waals surface area (Å²) in [5.74, 6) is -0.278. The van der Waals surface area contributed by atoms with Gasteiger partial charge in [0.15, 0.2) is 6.61 Å². The molecule has 0 saturated carbocycles. The van der Waals surface area contributed by atoms with Crippen molar-refractivity contribution in [1.29, 1.82) is 0 Å². The first-order valence-electron chi connectivity index (χ1n) is 8.61. The van der Waals surface area contributed by atoms with Gasteiger partial charge in [-0.2, -0.15) is 0 Å². The van der Waals surface area contributed by atoms with Crippen LogP contribution in [0.15, 0.2) is 24.3 Å². The smallest absolute Gasteiger partial charge is 0.258 e. The molecular formula is C18H26FN3O3. The minimum Gasteiger partial charge on any atom is -0.484 e. The van der Waals surface area contributed by atoms with Gasteiger partial charge < -0.3 is 15.0 Å². The van der Waals surface area contributed by atoms with E-state index >= 15 is 0 Å². The van der Waals surface area contributed by atoms with Crippen LogP contribution in [0.5, 0.6) is 5.75 Å². The zero-order valence-electron chi connectivity index (χ0n) is 15.0. The van der Waals surface area contributed by atoms with Crippen molar-refractivity contribution in [1.82, 2.24) is 15.1 Å². The second-order valence-electron chi connectivity index (χ2n) is 6.21. The molecule has 1 aromatic carbocycles. The minimum atomic E-state index is -0.409. The van der Waals surface area contributed by atoms with Crippen LogP contribution in [0.4, 0.5) is 4.39 Å². The van der Waals surface area contributed by atoms with Crippen LogP contribution in [0.1, 0.15) is 20.3 Å². The van der Waals surface area contributed by atoms with Crippen LogP contribution >= 0.6 is 0 Å². The summed E-state index contributed by atoms with van der Waals surface area (Å²) in [5, 5.41) is 2.88. The molecule has 1 heterocycles. The number of likely N-dealkylation sites (tertiary alicyclic amines) is 1. The molecule has 1 aliphatic rings. The van der Waals surface area contributed by atoms with Crippen LogP contribution in [0.3, 0.4) is 0 Å². The van der Waals surface area contributed by atoms with Crippen LogP contribution in [-0.2, 0) is 9.59 Å². The SMILES string of the molecule is CCN(CC)C(=O)[C@@H]1C[C@H](NC(=O)COc2cccc(F)c2)CN1C. The van der Waals surface area contributed by atoms with Crippen molar-refractivity contribution in [3.05, 3.63) is 30.1 Å². The molecule has 2 atom stereocenters. The Hall–Kier alpha value is -2.15. The van der Waals surface area contributed by atoms with Crippen molar-refractivity contribution in [3.63, 3.8) is 0 Å². The highest BCUT2D eigenvalue weighted by Crippen LogP contribution is 2.18. The van der Waals surface area contributed by atoms with Crippen molar-refractivity contribution in [2.45, 2.75) is 32.4 Å². The maximum atomic E-state index is 13.1. The molecule has 7 heteroatoms.